The van der Waals surface area contributed by atoms with E-state index in [2.05, 4.69) is 6.07 Å². The van der Waals surface area contributed by atoms with Gasteiger partial charge in [0.2, 0.25) is 0 Å². The Morgan fingerprint density at radius 3 is 2.25 bits per heavy atom. The summed E-state index contributed by atoms with van der Waals surface area (Å²) in [5, 5.41) is 8.24. The average molecular weight is 150 g/mol. The van der Waals surface area contributed by atoms with Crippen LogP contribution in [0.25, 0.3) is 0 Å². The van der Waals surface area contributed by atoms with Crippen LogP contribution in [-0.4, -0.2) is 16.9 Å². The Morgan fingerprint density at radius 2 is 2.25 bits per heavy atom. The van der Waals surface area contributed by atoms with Gasteiger partial charge in [0.15, 0.2) is 0 Å². The Balaban J connectivity index is 3.57. The van der Waals surface area contributed by atoms with Gasteiger partial charge in [-0.1, -0.05) is 0 Å². The zero-order valence-corrected chi connectivity index (χ0v) is 6.46. The monoisotopic (exact) mass is 149 g/mol. The fraction of sp³-hybridized carbons (Fsp3) is 0.800. The molecular weight excluding hydrogens is 142 g/mol. The smallest absolute Gasteiger partial charge is 0.107 e. The zero-order chi connectivity index (χ0) is 6.57. The van der Waals surface area contributed by atoms with E-state index in [1.165, 1.54) is 11.8 Å². The molecule has 0 heterocycles. The Morgan fingerprint density at radius 1 is 1.75 bits per heavy atom. The van der Waals surface area contributed by atoms with Crippen molar-refractivity contribution in [1.29, 1.82) is 5.26 Å². The molecule has 2 atom stereocenters. The van der Waals surface area contributed by atoms with E-state index in [4.69, 9.17) is 16.9 Å². The molecule has 0 aromatic carbocycles. The van der Waals surface area contributed by atoms with Crippen LogP contribution in [0, 0.1) is 11.3 Å². The third kappa shape index (κ3) is 2.44. The molecule has 0 bridgehead atoms. The fourth-order valence-corrected chi connectivity index (χ4v) is 1.19. The van der Waals surface area contributed by atoms with E-state index in [0.29, 0.717) is 0 Å². The van der Waals surface area contributed by atoms with Gasteiger partial charge in [0.25, 0.3) is 0 Å². The predicted octanol–water partition coefficient (Wildman–Crippen LogP) is 1.87. The van der Waals surface area contributed by atoms with Crippen LogP contribution in [-0.2, 0) is 0 Å². The van der Waals surface area contributed by atoms with Crippen molar-refractivity contribution in [2.24, 2.45) is 0 Å². The molecule has 46 valence electrons. The Bertz CT molecular complexity index is 97.1. The predicted molar refractivity (Wildman–Crippen MR) is 38.2 cm³/mol. The molecule has 0 aliphatic rings. The van der Waals surface area contributed by atoms with Crippen molar-refractivity contribution in [3.8, 4) is 6.07 Å². The van der Waals surface area contributed by atoms with Gasteiger partial charge >= 0.3 is 0 Å². The summed E-state index contributed by atoms with van der Waals surface area (Å²) >= 11 is 7.09. The lowest BCUT2D eigenvalue weighted by molar-refractivity contribution is 0.998. The number of alkyl halides is 1. The van der Waals surface area contributed by atoms with Crippen LogP contribution in [0.2, 0.25) is 0 Å². The highest BCUT2D eigenvalue weighted by Crippen LogP contribution is 2.13. The Labute approximate surface area is 59.0 Å². The average Bonchev–Trinajstić information content (AvgIpc) is 1.69. The number of halogens is 1. The van der Waals surface area contributed by atoms with Gasteiger partial charge in [-0.2, -0.15) is 5.26 Å². The quantitative estimate of drug-likeness (QED) is 0.560. The molecule has 0 radical (unpaired) electrons. The van der Waals surface area contributed by atoms with Crippen molar-refractivity contribution in [2.45, 2.75) is 17.6 Å². The van der Waals surface area contributed by atoms with Crippen molar-refractivity contribution in [3.63, 3.8) is 0 Å². The first-order valence-corrected chi connectivity index (χ1v) is 4.01. The minimum Gasteiger partial charge on any atom is -0.197 e. The highest BCUT2D eigenvalue weighted by Gasteiger charge is 2.10. The molecule has 0 amide bonds. The molecule has 1 nitrogen and oxygen atoms in total. The molecule has 0 aromatic heterocycles. The second-order valence-corrected chi connectivity index (χ2v) is 3.13. The summed E-state index contributed by atoms with van der Waals surface area (Å²) in [6.45, 7) is 1.83. The molecule has 3 heteroatoms. The molecule has 0 aliphatic carbocycles. The van der Waals surface area contributed by atoms with Crippen molar-refractivity contribution in [3.05, 3.63) is 0 Å². The van der Waals surface area contributed by atoms with E-state index in [-0.39, 0.29) is 10.6 Å². The highest BCUT2D eigenvalue weighted by molar-refractivity contribution is 7.99. The summed E-state index contributed by atoms with van der Waals surface area (Å²) in [5.41, 5.74) is 0. The third-order valence-electron chi connectivity index (χ3n) is 0.798. The molecule has 2 unspecified atom stereocenters. The summed E-state index contributed by atoms with van der Waals surface area (Å²) in [6, 6.07) is 2.08. The molecule has 0 saturated heterocycles. The standard InChI is InChI=1S/C5H8ClNS/c1-4(6)5(3-7)8-2/h4-5H,1-2H3. The topological polar surface area (TPSA) is 23.8 Å². The van der Waals surface area contributed by atoms with Crippen LogP contribution in [0.15, 0.2) is 0 Å². The molecule has 0 aromatic rings. The number of nitrogens with zero attached hydrogens (tertiary/aromatic N) is 1. The molecule has 8 heavy (non-hydrogen) atoms. The molecule has 0 rings (SSSR count). The summed E-state index contributed by atoms with van der Waals surface area (Å²) in [4.78, 5) is 0. The first-order valence-electron chi connectivity index (χ1n) is 2.29. The summed E-state index contributed by atoms with van der Waals surface area (Å²) in [5.74, 6) is 0. The maximum absolute atomic E-state index is 8.34. The van der Waals surface area contributed by atoms with Crippen molar-refractivity contribution in [2.75, 3.05) is 6.26 Å². The second-order valence-electron chi connectivity index (χ2n) is 1.46. The molecule has 0 fully saturated rings. The normalized spacial score (nSPS) is 16.8. The van der Waals surface area contributed by atoms with Crippen molar-refractivity contribution < 1.29 is 0 Å². The Kier molecular flexibility index (Phi) is 4.12. The van der Waals surface area contributed by atoms with Gasteiger partial charge in [-0.3, -0.25) is 0 Å². The minimum atomic E-state index is -0.0586. The van der Waals surface area contributed by atoms with Gasteiger partial charge in [0, 0.05) is 0 Å². The minimum absolute atomic E-state index is 0.0463. The largest absolute Gasteiger partial charge is 0.197 e. The fourth-order valence-electron chi connectivity index (χ4n) is 0.343. The van der Waals surface area contributed by atoms with Gasteiger partial charge < -0.3 is 0 Å². The zero-order valence-electron chi connectivity index (χ0n) is 4.89. The number of hydrogen-bond donors (Lipinski definition) is 0. The number of hydrogen-bond acceptors (Lipinski definition) is 2. The van der Waals surface area contributed by atoms with Gasteiger partial charge in [-0.25, -0.2) is 0 Å². The van der Waals surface area contributed by atoms with Gasteiger partial charge in [0.05, 0.1) is 11.4 Å². The first kappa shape index (κ1) is 8.13. The first-order chi connectivity index (χ1) is 3.72. The van der Waals surface area contributed by atoms with E-state index < -0.39 is 0 Å². The Hall–Kier alpha value is 0.130. The number of rotatable bonds is 2. The van der Waals surface area contributed by atoms with E-state index >= 15 is 0 Å². The lowest BCUT2D eigenvalue weighted by Crippen LogP contribution is -2.09. The van der Waals surface area contributed by atoms with Crippen LogP contribution in [0.5, 0.6) is 0 Å². The lowest BCUT2D eigenvalue weighted by Gasteiger charge is -2.04. The van der Waals surface area contributed by atoms with Crippen LogP contribution >= 0.6 is 23.4 Å². The third-order valence-corrected chi connectivity index (χ3v) is 2.22. The van der Waals surface area contributed by atoms with Gasteiger partial charge in [-0.05, 0) is 13.2 Å². The number of nitriles is 1. The van der Waals surface area contributed by atoms with Crippen LogP contribution in [0.4, 0.5) is 0 Å². The molecule has 0 saturated carbocycles. The summed E-state index contributed by atoms with van der Waals surface area (Å²) < 4.78 is 0. The molecular formula is C5H8ClNS. The van der Waals surface area contributed by atoms with Crippen LogP contribution in [0.3, 0.4) is 0 Å². The van der Waals surface area contributed by atoms with E-state index in [1.54, 1.807) is 0 Å². The molecule has 0 aliphatic heterocycles. The van der Waals surface area contributed by atoms with Crippen molar-refractivity contribution in [1.82, 2.24) is 0 Å². The lowest BCUT2D eigenvalue weighted by atomic mass is 10.3. The maximum atomic E-state index is 8.34. The molecule has 0 N–H and O–H groups in total. The van der Waals surface area contributed by atoms with Crippen molar-refractivity contribution >= 4 is 23.4 Å². The summed E-state index contributed by atoms with van der Waals surface area (Å²) in [6.07, 6.45) is 1.88. The summed E-state index contributed by atoms with van der Waals surface area (Å²) in [7, 11) is 0. The van der Waals surface area contributed by atoms with Crippen LogP contribution in [0.1, 0.15) is 6.92 Å². The van der Waals surface area contributed by atoms with Gasteiger partial charge in [-0.15, -0.1) is 23.4 Å². The van der Waals surface area contributed by atoms with Gasteiger partial charge in [0.1, 0.15) is 5.25 Å². The SMILES string of the molecule is CSC(C#N)C(C)Cl. The van der Waals surface area contributed by atoms with E-state index in [0.717, 1.165) is 0 Å². The second kappa shape index (κ2) is 4.05. The van der Waals surface area contributed by atoms with Crippen LogP contribution < -0.4 is 0 Å². The highest BCUT2D eigenvalue weighted by atomic mass is 35.5. The molecule has 0 spiro atoms. The van der Waals surface area contributed by atoms with E-state index in [1.807, 2.05) is 13.2 Å². The maximum Gasteiger partial charge on any atom is 0.107 e. The van der Waals surface area contributed by atoms with E-state index in [9.17, 15) is 0 Å². The number of thioether (sulfide) groups is 1.